The summed E-state index contributed by atoms with van der Waals surface area (Å²) in [5, 5.41) is 0. The third-order valence-corrected chi connectivity index (χ3v) is 12.9. The molecule has 0 aliphatic heterocycles. The van der Waals surface area contributed by atoms with Gasteiger partial charge < -0.3 is 14.2 Å². The predicted molar refractivity (Wildman–Crippen MR) is 284 cm³/mol. The molecular formula is C60H110O6. The second kappa shape index (κ2) is 55.2. The first-order valence-electron chi connectivity index (χ1n) is 29.0. The summed E-state index contributed by atoms with van der Waals surface area (Å²) in [5.41, 5.74) is 0. The van der Waals surface area contributed by atoms with Crippen molar-refractivity contribution in [3.63, 3.8) is 0 Å². The molecule has 0 saturated carbocycles. The average molecular weight is 928 g/mol. The van der Waals surface area contributed by atoms with E-state index >= 15 is 0 Å². The Hall–Kier alpha value is -2.37. The van der Waals surface area contributed by atoms with E-state index in [0.29, 0.717) is 19.3 Å². The molecule has 66 heavy (non-hydrogen) atoms. The van der Waals surface area contributed by atoms with E-state index in [4.69, 9.17) is 14.2 Å². The maximum Gasteiger partial charge on any atom is 0.306 e. The molecule has 0 heterocycles. The topological polar surface area (TPSA) is 78.9 Å². The number of esters is 3. The molecule has 0 rings (SSSR count). The van der Waals surface area contributed by atoms with Gasteiger partial charge in [0.05, 0.1) is 0 Å². The van der Waals surface area contributed by atoms with Gasteiger partial charge in [-0.2, -0.15) is 0 Å². The normalized spacial score (nSPS) is 12.2. The second-order valence-corrected chi connectivity index (χ2v) is 19.6. The molecule has 386 valence electrons. The highest BCUT2D eigenvalue weighted by Crippen LogP contribution is 2.16. The molecule has 0 unspecified atom stereocenters. The summed E-state index contributed by atoms with van der Waals surface area (Å²) in [7, 11) is 0. The van der Waals surface area contributed by atoms with Crippen LogP contribution in [0.5, 0.6) is 0 Å². The molecule has 6 heteroatoms. The maximum atomic E-state index is 12.8. The molecule has 0 aromatic carbocycles. The molecule has 0 amide bonds. The first-order chi connectivity index (χ1) is 32.5. The molecule has 0 fully saturated rings. The van der Waals surface area contributed by atoms with Crippen LogP contribution in [0.25, 0.3) is 0 Å². The molecule has 0 aromatic rings. The van der Waals surface area contributed by atoms with Crippen LogP contribution in [0.4, 0.5) is 0 Å². The van der Waals surface area contributed by atoms with Crippen LogP contribution >= 0.6 is 0 Å². The lowest BCUT2D eigenvalue weighted by atomic mass is 10.0. The van der Waals surface area contributed by atoms with E-state index in [1.807, 2.05) is 0 Å². The third kappa shape index (κ3) is 52.6. The Morgan fingerprint density at radius 2 is 0.561 bits per heavy atom. The molecule has 1 atom stereocenters. The Kier molecular flexibility index (Phi) is 53.2. The van der Waals surface area contributed by atoms with E-state index in [9.17, 15) is 14.4 Å². The molecular weight excluding hydrogens is 817 g/mol. The lowest BCUT2D eigenvalue weighted by molar-refractivity contribution is -0.167. The van der Waals surface area contributed by atoms with E-state index in [0.717, 1.165) is 77.0 Å². The Morgan fingerprint density at radius 1 is 0.303 bits per heavy atom. The Balaban J connectivity index is 4.33. The Labute approximate surface area is 410 Å². The summed E-state index contributed by atoms with van der Waals surface area (Å²) in [6.45, 7) is 6.62. The molecule has 0 bridgehead atoms. The van der Waals surface area contributed by atoms with Crippen molar-refractivity contribution >= 4 is 17.9 Å². The Morgan fingerprint density at radius 3 is 0.894 bits per heavy atom. The van der Waals surface area contributed by atoms with Crippen LogP contribution in [0.15, 0.2) is 36.5 Å². The molecule has 0 aliphatic rings. The van der Waals surface area contributed by atoms with Gasteiger partial charge in [0.25, 0.3) is 0 Å². The van der Waals surface area contributed by atoms with E-state index in [1.54, 1.807) is 0 Å². The number of hydrogen-bond donors (Lipinski definition) is 0. The molecule has 0 N–H and O–H groups in total. The van der Waals surface area contributed by atoms with Gasteiger partial charge in [0.2, 0.25) is 0 Å². The number of carbonyl (C=O) groups is 3. The van der Waals surface area contributed by atoms with E-state index < -0.39 is 6.10 Å². The summed E-state index contributed by atoms with van der Waals surface area (Å²) in [4.78, 5) is 38.1. The van der Waals surface area contributed by atoms with Gasteiger partial charge in [-0.3, -0.25) is 14.4 Å². The highest BCUT2D eigenvalue weighted by atomic mass is 16.6. The molecule has 0 aliphatic carbocycles. The minimum absolute atomic E-state index is 0.0742. The van der Waals surface area contributed by atoms with Gasteiger partial charge in [-0.25, -0.2) is 0 Å². The van der Waals surface area contributed by atoms with Gasteiger partial charge in [-0.1, -0.05) is 256 Å². The van der Waals surface area contributed by atoms with E-state index in [2.05, 4.69) is 57.2 Å². The first-order valence-corrected chi connectivity index (χ1v) is 29.0. The van der Waals surface area contributed by atoms with Crippen LogP contribution in [0.2, 0.25) is 0 Å². The summed E-state index contributed by atoms with van der Waals surface area (Å²) < 4.78 is 16.9. The van der Waals surface area contributed by atoms with Crippen LogP contribution in [-0.2, 0) is 28.6 Å². The largest absolute Gasteiger partial charge is 0.462 e. The van der Waals surface area contributed by atoms with Gasteiger partial charge >= 0.3 is 17.9 Å². The van der Waals surface area contributed by atoms with Crippen molar-refractivity contribution in [2.24, 2.45) is 0 Å². The number of carbonyl (C=O) groups excluding carboxylic acids is 3. The number of allylic oxidation sites excluding steroid dienone is 6. The van der Waals surface area contributed by atoms with Crippen LogP contribution in [-0.4, -0.2) is 37.2 Å². The van der Waals surface area contributed by atoms with Crippen molar-refractivity contribution in [2.75, 3.05) is 13.2 Å². The third-order valence-electron chi connectivity index (χ3n) is 12.9. The predicted octanol–water partition coefficient (Wildman–Crippen LogP) is 19.3. The first kappa shape index (κ1) is 63.6. The van der Waals surface area contributed by atoms with E-state index in [1.165, 1.54) is 193 Å². The lowest BCUT2D eigenvalue weighted by Crippen LogP contribution is -2.30. The monoisotopic (exact) mass is 927 g/mol. The van der Waals surface area contributed by atoms with Crippen molar-refractivity contribution in [3.8, 4) is 0 Å². The maximum absolute atomic E-state index is 12.8. The smallest absolute Gasteiger partial charge is 0.306 e. The molecule has 0 radical (unpaired) electrons. The minimum Gasteiger partial charge on any atom is -0.462 e. The number of rotatable bonds is 53. The number of hydrogen-bond acceptors (Lipinski definition) is 6. The number of ether oxygens (including phenoxy) is 3. The van der Waals surface area contributed by atoms with Gasteiger partial charge in [0.15, 0.2) is 6.10 Å². The number of unbranched alkanes of at least 4 members (excludes halogenated alkanes) is 36. The summed E-state index contributed by atoms with van der Waals surface area (Å²) in [6.07, 6.45) is 65.6. The minimum atomic E-state index is -0.775. The van der Waals surface area contributed by atoms with Crippen molar-refractivity contribution in [1.82, 2.24) is 0 Å². The highest BCUT2D eigenvalue weighted by Gasteiger charge is 2.19. The summed E-state index contributed by atoms with van der Waals surface area (Å²) in [6, 6.07) is 0. The van der Waals surface area contributed by atoms with Crippen molar-refractivity contribution in [3.05, 3.63) is 36.5 Å². The molecule has 6 nitrogen and oxygen atoms in total. The quantitative estimate of drug-likeness (QED) is 0.0262. The van der Waals surface area contributed by atoms with Crippen molar-refractivity contribution in [1.29, 1.82) is 0 Å². The molecule has 0 aromatic heterocycles. The van der Waals surface area contributed by atoms with Crippen LogP contribution in [0.3, 0.4) is 0 Å². The standard InChI is InChI=1S/C60H110O6/c1-4-7-10-13-16-19-22-25-28-29-30-31-33-35-38-41-44-47-50-53-59(62)65-56-57(55-64-58(61)52-49-46-43-40-37-34-27-24-21-18-15-12-9-6-3)66-60(63)54-51-48-45-42-39-36-32-26-23-20-17-14-11-8-5-2/h15,18,24-25,27-28,57H,4-14,16-17,19-23,26,29-56H2,1-3H3/b18-15+,27-24+,28-25+/t57-/m1/s1. The van der Waals surface area contributed by atoms with Crippen LogP contribution in [0.1, 0.15) is 310 Å². The highest BCUT2D eigenvalue weighted by molar-refractivity contribution is 5.71. The fourth-order valence-corrected chi connectivity index (χ4v) is 8.46. The average Bonchev–Trinajstić information content (AvgIpc) is 3.31. The van der Waals surface area contributed by atoms with Crippen molar-refractivity contribution in [2.45, 2.75) is 316 Å². The van der Waals surface area contributed by atoms with Gasteiger partial charge in [-0.05, 0) is 70.6 Å². The fourth-order valence-electron chi connectivity index (χ4n) is 8.46. The SMILES string of the molecule is CCCC/C=C/C/C=C/CCCCCCCC(=O)OC[C@H](COC(=O)CCCCCCCCCCC/C=C/CCCCCCCC)OC(=O)CCCCCCCCCCCCCCCCC. The zero-order valence-corrected chi connectivity index (χ0v) is 44.2. The summed E-state index contributed by atoms with van der Waals surface area (Å²) in [5.74, 6) is -0.873. The molecule has 0 saturated heterocycles. The van der Waals surface area contributed by atoms with E-state index in [-0.39, 0.29) is 31.1 Å². The Bertz CT molecular complexity index is 1110. The van der Waals surface area contributed by atoms with Gasteiger partial charge in [-0.15, -0.1) is 0 Å². The fraction of sp³-hybridized carbons (Fsp3) is 0.850. The van der Waals surface area contributed by atoms with Gasteiger partial charge in [0.1, 0.15) is 13.2 Å². The van der Waals surface area contributed by atoms with Crippen LogP contribution < -0.4 is 0 Å². The zero-order chi connectivity index (χ0) is 47.9. The van der Waals surface area contributed by atoms with Crippen molar-refractivity contribution < 1.29 is 28.6 Å². The zero-order valence-electron chi connectivity index (χ0n) is 44.2. The summed E-state index contributed by atoms with van der Waals surface area (Å²) >= 11 is 0. The second-order valence-electron chi connectivity index (χ2n) is 19.6. The lowest BCUT2D eigenvalue weighted by Gasteiger charge is -2.18. The van der Waals surface area contributed by atoms with Crippen LogP contribution in [0, 0.1) is 0 Å². The molecule has 0 spiro atoms. The van der Waals surface area contributed by atoms with Gasteiger partial charge in [0, 0.05) is 19.3 Å².